The minimum atomic E-state index is -0.281. The average Bonchev–Trinajstić information content (AvgIpc) is 3.21. The lowest BCUT2D eigenvalue weighted by atomic mass is 9.97. The molecule has 0 fully saturated rings. The molecule has 0 radical (unpaired) electrons. The van der Waals surface area contributed by atoms with Crippen LogP contribution in [0.1, 0.15) is 52.9 Å². The van der Waals surface area contributed by atoms with E-state index in [1.807, 2.05) is 42.6 Å². The van der Waals surface area contributed by atoms with Crippen molar-refractivity contribution in [3.8, 4) is 0 Å². The predicted molar refractivity (Wildman–Crippen MR) is 115 cm³/mol. The van der Waals surface area contributed by atoms with Gasteiger partial charge in [0, 0.05) is 17.0 Å². The number of carbonyl (C=O) groups is 2. The molecule has 2 amide bonds. The van der Waals surface area contributed by atoms with Crippen LogP contribution in [0, 0.1) is 6.92 Å². The number of hydrogen-bond acceptors (Lipinski definition) is 3. The molecule has 1 aromatic heterocycles. The Balaban J connectivity index is 1.67. The van der Waals surface area contributed by atoms with E-state index in [0.29, 0.717) is 12.1 Å². The Bertz CT molecular complexity index is 882. The standard InChI is InChI=1S/C23H26N2O2S/c1-17-7-5-10-19(15-17)22(26)25-21(16-20-11-6-14-28-20)23(27)24-13-12-18-8-3-2-4-9-18/h5-8,10-11,14-16H,2-4,9,12-13H2,1H3,(H,24,27)(H,25,26)/b21-16-. The Morgan fingerprint density at radius 2 is 2.07 bits per heavy atom. The molecule has 146 valence electrons. The molecule has 0 saturated heterocycles. The van der Waals surface area contributed by atoms with E-state index in [4.69, 9.17) is 0 Å². The molecular weight excluding hydrogens is 368 g/mol. The number of nitrogens with one attached hydrogen (secondary N) is 2. The summed E-state index contributed by atoms with van der Waals surface area (Å²) in [4.78, 5) is 26.3. The summed E-state index contributed by atoms with van der Waals surface area (Å²) in [6.07, 6.45) is 9.64. The highest BCUT2D eigenvalue weighted by atomic mass is 32.1. The third-order valence-electron chi connectivity index (χ3n) is 4.72. The third-order valence-corrected chi connectivity index (χ3v) is 5.54. The van der Waals surface area contributed by atoms with E-state index in [0.717, 1.165) is 29.7 Å². The van der Waals surface area contributed by atoms with Gasteiger partial charge in [-0.2, -0.15) is 0 Å². The van der Waals surface area contributed by atoms with Crippen molar-refractivity contribution in [2.45, 2.75) is 39.0 Å². The van der Waals surface area contributed by atoms with Crippen LogP contribution in [0.25, 0.3) is 6.08 Å². The minimum Gasteiger partial charge on any atom is -0.350 e. The van der Waals surface area contributed by atoms with E-state index >= 15 is 0 Å². The Morgan fingerprint density at radius 3 is 2.79 bits per heavy atom. The molecule has 1 aromatic carbocycles. The van der Waals surface area contributed by atoms with Gasteiger partial charge in [-0.3, -0.25) is 9.59 Å². The Labute approximate surface area is 170 Å². The monoisotopic (exact) mass is 394 g/mol. The fourth-order valence-electron chi connectivity index (χ4n) is 3.22. The summed E-state index contributed by atoms with van der Waals surface area (Å²) >= 11 is 1.52. The van der Waals surface area contributed by atoms with Crippen LogP contribution in [-0.2, 0) is 4.79 Å². The number of hydrogen-bond donors (Lipinski definition) is 2. The summed E-state index contributed by atoms with van der Waals surface area (Å²) in [5, 5.41) is 7.69. The van der Waals surface area contributed by atoms with E-state index in [2.05, 4.69) is 16.7 Å². The van der Waals surface area contributed by atoms with Crippen molar-refractivity contribution >= 4 is 29.2 Å². The van der Waals surface area contributed by atoms with Crippen LogP contribution >= 0.6 is 11.3 Å². The molecule has 0 aliphatic heterocycles. The number of benzene rings is 1. The second-order valence-electron chi connectivity index (χ2n) is 7.01. The number of amides is 2. The van der Waals surface area contributed by atoms with Crippen LogP contribution in [0.5, 0.6) is 0 Å². The number of thiophene rings is 1. The molecule has 2 aromatic rings. The molecule has 2 N–H and O–H groups in total. The second kappa shape index (κ2) is 10.0. The third kappa shape index (κ3) is 5.92. The molecule has 5 heteroatoms. The second-order valence-corrected chi connectivity index (χ2v) is 7.99. The maximum atomic E-state index is 12.7. The van der Waals surface area contributed by atoms with Crippen molar-refractivity contribution in [3.05, 3.63) is 75.1 Å². The average molecular weight is 395 g/mol. The molecule has 3 rings (SSSR count). The lowest BCUT2D eigenvalue weighted by Gasteiger charge is -2.14. The SMILES string of the molecule is Cc1cccc(C(=O)N/C(=C\c2cccs2)C(=O)NCCC2=CCCCC2)c1. The first-order chi connectivity index (χ1) is 13.6. The number of aryl methyl sites for hydroxylation is 1. The molecule has 0 unspecified atom stereocenters. The van der Waals surface area contributed by atoms with Crippen LogP contribution in [0.15, 0.2) is 59.1 Å². The van der Waals surface area contributed by atoms with Crippen LogP contribution in [0.3, 0.4) is 0 Å². The van der Waals surface area contributed by atoms with Crippen molar-refractivity contribution in [1.82, 2.24) is 10.6 Å². The van der Waals surface area contributed by atoms with Gasteiger partial charge in [0.05, 0.1) is 0 Å². The van der Waals surface area contributed by atoms with E-state index < -0.39 is 0 Å². The molecule has 0 bridgehead atoms. The molecule has 28 heavy (non-hydrogen) atoms. The van der Waals surface area contributed by atoms with Crippen molar-refractivity contribution in [2.24, 2.45) is 0 Å². The van der Waals surface area contributed by atoms with Gasteiger partial charge in [0.15, 0.2) is 0 Å². The largest absolute Gasteiger partial charge is 0.350 e. The molecule has 4 nitrogen and oxygen atoms in total. The van der Waals surface area contributed by atoms with Crippen molar-refractivity contribution in [3.63, 3.8) is 0 Å². The van der Waals surface area contributed by atoms with Crippen LogP contribution in [0.4, 0.5) is 0 Å². The Morgan fingerprint density at radius 1 is 1.18 bits per heavy atom. The van der Waals surface area contributed by atoms with Gasteiger partial charge in [-0.05, 0) is 68.7 Å². The first kappa shape index (κ1) is 20.1. The summed E-state index contributed by atoms with van der Waals surface area (Å²) < 4.78 is 0. The summed E-state index contributed by atoms with van der Waals surface area (Å²) in [5.74, 6) is -0.539. The van der Waals surface area contributed by atoms with Crippen molar-refractivity contribution in [1.29, 1.82) is 0 Å². The lowest BCUT2D eigenvalue weighted by Crippen LogP contribution is -2.35. The molecule has 0 atom stereocenters. The van der Waals surface area contributed by atoms with Gasteiger partial charge in [-0.1, -0.05) is 35.4 Å². The van der Waals surface area contributed by atoms with Gasteiger partial charge in [0.1, 0.15) is 5.70 Å². The normalized spacial score (nSPS) is 14.3. The van der Waals surface area contributed by atoms with E-state index in [-0.39, 0.29) is 17.5 Å². The number of allylic oxidation sites excluding steroid dienone is 1. The highest BCUT2D eigenvalue weighted by Crippen LogP contribution is 2.19. The predicted octanol–water partition coefficient (Wildman–Crippen LogP) is 4.83. The smallest absolute Gasteiger partial charge is 0.267 e. The maximum Gasteiger partial charge on any atom is 0.267 e. The van der Waals surface area contributed by atoms with Crippen molar-refractivity contribution < 1.29 is 9.59 Å². The molecule has 1 heterocycles. The van der Waals surface area contributed by atoms with Crippen LogP contribution in [0.2, 0.25) is 0 Å². The highest BCUT2D eigenvalue weighted by molar-refractivity contribution is 7.10. The number of rotatable bonds is 7. The summed E-state index contributed by atoms with van der Waals surface area (Å²) in [7, 11) is 0. The Kier molecular flexibility index (Phi) is 7.20. The fourth-order valence-corrected chi connectivity index (χ4v) is 3.88. The molecule has 0 spiro atoms. The summed E-state index contributed by atoms with van der Waals surface area (Å²) in [5.41, 5.74) is 3.23. The first-order valence-electron chi connectivity index (χ1n) is 9.71. The first-order valence-corrected chi connectivity index (χ1v) is 10.6. The van der Waals surface area contributed by atoms with E-state index in [9.17, 15) is 9.59 Å². The molecular formula is C23H26N2O2S. The fraction of sp³-hybridized carbons (Fsp3) is 0.304. The molecule has 1 aliphatic carbocycles. The Hall–Kier alpha value is -2.66. The van der Waals surface area contributed by atoms with Gasteiger partial charge in [-0.25, -0.2) is 0 Å². The maximum absolute atomic E-state index is 12.7. The minimum absolute atomic E-state index is 0.259. The van der Waals surface area contributed by atoms with Gasteiger partial charge >= 0.3 is 0 Å². The number of carbonyl (C=O) groups excluding carboxylic acids is 2. The molecule has 0 saturated carbocycles. The zero-order valence-corrected chi connectivity index (χ0v) is 17.0. The highest BCUT2D eigenvalue weighted by Gasteiger charge is 2.15. The van der Waals surface area contributed by atoms with Crippen LogP contribution in [-0.4, -0.2) is 18.4 Å². The van der Waals surface area contributed by atoms with E-state index in [1.54, 1.807) is 12.1 Å². The quantitative estimate of drug-likeness (QED) is 0.522. The lowest BCUT2D eigenvalue weighted by molar-refractivity contribution is -0.117. The molecule has 1 aliphatic rings. The topological polar surface area (TPSA) is 58.2 Å². The van der Waals surface area contributed by atoms with Gasteiger partial charge < -0.3 is 10.6 Å². The van der Waals surface area contributed by atoms with Crippen LogP contribution < -0.4 is 10.6 Å². The van der Waals surface area contributed by atoms with Crippen molar-refractivity contribution in [2.75, 3.05) is 6.54 Å². The van der Waals surface area contributed by atoms with Gasteiger partial charge in [-0.15, -0.1) is 11.3 Å². The zero-order valence-electron chi connectivity index (χ0n) is 16.2. The summed E-state index contributed by atoms with van der Waals surface area (Å²) in [6.45, 7) is 2.51. The summed E-state index contributed by atoms with van der Waals surface area (Å²) in [6, 6.07) is 11.2. The van der Waals surface area contributed by atoms with Gasteiger partial charge in [0.2, 0.25) is 0 Å². The zero-order chi connectivity index (χ0) is 19.8. The van der Waals surface area contributed by atoms with Gasteiger partial charge in [0.25, 0.3) is 11.8 Å². The van der Waals surface area contributed by atoms with E-state index in [1.165, 1.54) is 29.8 Å².